The minimum absolute atomic E-state index is 0.202. The van der Waals surface area contributed by atoms with Gasteiger partial charge in [-0.15, -0.1) is 0 Å². The van der Waals surface area contributed by atoms with Crippen molar-refractivity contribution in [3.63, 3.8) is 0 Å². The van der Waals surface area contributed by atoms with E-state index in [0.717, 1.165) is 0 Å². The maximum atomic E-state index is 11.2. The van der Waals surface area contributed by atoms with Crippen LogP contribution in [-0.2, 0) is 56.6 Å². The Labute approximate surface area is 241 Å². The molecule has 0 fully saturated rings. The van der Waals surface area contributed by atoms with Gasteiger partial charge in [-0.05, 0) is 26.6 Å². The van der Waals surface area contributed by atoms with Crippen molar-refractivity contribution >= 4 is 14.3 Å². The van der Waals surface area contributed by atoms with Crippen LogP contribution in [0.3, 0.4) is 0 Å². The maximum absolute atomic E-state index is 11.2. The molecule has 0 aliphatic carbocycles. The molecule has 0 amide bonds. The Morgan fingerprint density at radius 2 is 0.675 bits per heavy atom. The summed E-state index contributed by atoms with van der Waals surface area (Å²) in [6.07, 6.45) is 0. The summed E-state index contributed by atoms with van der Waals surface area (Å²) in [7, 11) is -1.45. The van der Waals surface area contributed by atoms with Crippen LogP contribution in [0.1, 0.15) is 6.92 Å². The molecule has 0 rings (SSSR count). The van der Waals surface area contributed by atoms with Crippen molar-refractivity contribution in [2.75, 3.05) is 132 Å². The molecular formula is C27H54O12Si. The molecule has 0 aromatic rings. The summed E-state index contributed by atoms with van der Waals surface area (Å²) in [6.45, 7) is 21.4. The van der Waals surface area contributed by atoms with Gasteiger partial charge in [-0.25, -0.2) is 4.79 Å². The molecule has 0 saturated heterocycles. The lowest BCUT2D eigenvalue weighted by molar-refractivity contribution is -0.140. The van der Waals surface area contributed by atoms with Gasteiger partial charge in [0.05, 0.1) is 126 Å². The van der Waals surface area contributed by atoms with Gasteiger partial charge in [0.25, 0.3) is 0 Å². The fourth-order valence-corrected chi connectivity index (χ4v) is 3.28. The molecule has 0 saturated carbocycles. The molecular weight excluding hydrogens is 544 g/mol. The van der Waals surface area contributed by atoms with Crippen molar-refractivity contribution in [3.05, 3.63) is 12.2 Å². The average molecular weight is 599 g/mol. The normalized spacial score (nSPS) is 11.7. The predicted molar refractivity (Wildman–Crippen MR) is 152 cm³/mol. The van der Waals surface area contributed by atoms with Crippen LogP contribution in [0, 0.1) is 0 Å². The summed E-state index contributed by atoms with van der Waals surface area (Å²) in [4.78, 5) is 11.2. The minimum Gasteiger partial charge on any atom is -0.460 e. The van der Waals surface area contributed by atoms with Crippen molar-refractivity contribution in [2.45, 2.75) is 26.6 Å². The molecule has 0 N–H and O–H groups in total. The molecule has 0 bridgehead atoms. The van der Waals surface area contributed by atoms with Crippen LogP contribution in [0.25, 0.3) is 0 Å². The van der Waals surface area contributed by atoms with E-state index in [1.807, 2.05) is 0 Å². The van der Waals surface area contributed by atoms with Crippen LogP contribution < -0.4 is 0 Å². The summed E-state index contributed by atoms with van der Waals surface area (Å²) < 4.78 is 59.5. The predicted octanol–water partition coefficient (Wildman–Crippen LogP) is 2.11. The molecule has 12 nitrogen and oxygen atoms in total. The zero-order chi connectivity index (χ0) is 29.6. The van der Waals surface area contributed by atoms with Gasteiger partial charge >= 0.3 is 5.97 Å². The second-order valence-electron chi connectivity index (χ2n) is 9.39. The summed E-state index contributed by atoms with van der Waals surface area (Å²) in [6, 6.07) is 0. The molecule has 0 heterocycles. The lowest BCUT2D eigenvalue weighted by atomic mass is 10.4. The molecule has 238 valence electrons. The van der Waals surface area contributed by atoms with E-state index in [2.05, 4.69) is 26.2 Å². The van der Waals surface area contributed by atoms with Gasteiger partial charge in [0.15, 0.2) is 8.32 Å². The zero-order valence-electron chi connectivity index (χ0n) is 25.2. The van der Waals surface area contributed by atoms with Crippen molar-refractivity contribution in [3.8, 4) is 0 Å². The molecule has 0 radical (unpaired) electrons. The quantitative estimate of drug-likeness (QED) is 0.0488. The number of ether oxygens (including phenoxy) is 10. The van der Waals surface area contributed by atoms with E-state index in [1.54, 1.807) is 6.92 Å². The standard InChI is InChI=1S/C27H54O12Si/c1-26(2)27(28)38-24-22-36-20-18-34-16-14-32-12-10-30-8-6-29-7-9-31-11-13-33-15-17-35-19-21-37-23-25-39-40(3,4)5/h1,6-25H2,2-5H3. The Bertz CT molecular complexity index is 574. The lowest BCUT2D eigenvalue weighted by Gasteiger charge is -2.16. The monoisotopic (exact) mass is 598 g/mol. The van der Waals surface area contributed by atoms with E-state index in [0.29, 0.717) is 131 Å². The third kappa shape index (κ3) is 33.2. The Balaban J connectivity index is 3.08. The Morgan fingerprint density at radius 3 is 0.900 bits per heavy atom. The van der Waals surface area contributed by atoms with Crippen LogP contribution >= 0.6 is 0 Å². The topological polar surface area (TPSA) is 119 Å². The van der Waals surface area contributed by atoms with Crippen LogP contribution in [0.5, 0.6) is 0 Å². The number of rotatable bonds is 32. The largest absolute Gasteiger partial charge is 0.460 e. The molecule has 0 unspecified atom stereocenters. The van der Waals surface area contributed by atoms with Crippen LogP contribution in [0.4, 0.5) is 0 Å². The molecule has 0 aliphatic heterocycles. The Kier molecular flexibility index (Phi) is 28.8. The highest BCUT2D eigenvalue weighted by Gasteiger charge is 2.13. The number of carbonyl (C=O) groups excluding carboxylic acids is 1. The first-order chi connectivity index (χ1) is 19.3. The van der Waals surface area contributed by atoms with Crippen LogP contribution in [-0.4, -0.2) is 146 Å². The van der Waals surface area contributed by atoms with E-state index in [4.69, 9.17) is 51.8 Å². The molecule has 13 heteroatoms. The first-order valence-corrected chi connectivity index (χ1v) is 17.4. The van der Waals surface area contributed by atoms with Gasteiger partial charge in [-0.2, -0.15) is 0 Å². The summed E-state index contributed by atoms with van der Waals surface area (Å²) >= 11 is 0. The summed E-state index contributed by atoms with van der Waals surface area (Å²) in [5, 5.41) is 0. The van der Waals surface area contributed by atoms with Crippen molar-refractivity contribution in [1.82, 2.24) is 0 Å². The second kappa shape index (κ2) is 29.5. The van der Waals surface area contributed by atoms with Crippen molar-refractivity contribution < 1.29 is 56.6 Å². The van der Waals surface area contributed by atoms with Gasteiger partial charge in [0.1, 0.15) is 6.61 Å². The molecule has 40 heavy (non-hydrogen) atoms. The number of hydrogen-bond donors (Lipinski definition) is 0. The highest BCUT2D eigenvalue weighted by Crippen LogP contribution is 2.01. The lowest BCUT2D eigenvalue weighted by Crippen LogP contribution is -2.27. The van der Waals surface area contributed by atoms with Crippen molar-refractivity contribution in [1.29, 1.82) is 0 Å². The summed E-state index contributed by atoms with van der Waals surface area (Å²) in [5.41, 5.74) is 0.372. The molecule has 0 atom stereocenters. The smallest absolute Gasteiger partial charge is 0.333 e. The van der Waals surface area contributed by atoms with E-state index in [-0.39, 0.29) is 6.61 Å². The average Bonchev–Trinajstić information content (AvgIpc) is 2.91. The van der Waals surface area contributed by atoms with E-state index in [1.165, 1.54) is 0 Å². The molecule has 0 aromatic carbocycles. The van der Waals surface area contributed by atoms with Crippen LogP contribution in [0.2, 0.25) is 19.6 Å². The third-order valence-electron chi connectivity index (χ3n) is 4.55. The highest BCUT2D eigenvalue weighted by molar-refractivity contribution is 6.69. The molecule has 0 spiro atoms. The zero-order valence-corrected chi connectivity index (χ0v) is 26.2. The Hall–Kier alpha value is -0.973. The number of esters is 1. The second-order valence-corrected chi connectivity index (χ2v) is 13.9. The van der Waals surface area contributed by atoms with Gasteiger partial charge in [-0.1, -0.05) is 6.58 Å². The first-order valence-electron chi connectivity index (χ1n) is 14.0. The van der Waals surface area contributed by atoms with Gasteiger partial charge in [0, 0.05) is 5.57 Å². The van der Waals surface area contributed by atoms with Crippen LogP contribution in [0.15, 0.2) is 12.2 Å². The highest BCUT2D eigenvalue weighted by atomic mass is 28.4. The van der Waals surface area contributed by atoms with E-state index in [9.17, 15) is 4.79 Å². The van der Waals surface area contributed by atoms with Gasteiger partial charge < -0.3 is 51.8 Å². The minimum atomic E-state index is -1.45. The van der Waals surface area contributed by atoms with Gasteiger partial charge in [0.2, 0.25) is 0 Å². The summed E-state index contributed by atoms with van der Waals surface area (Å²) in [5.74, 6) is -0.410. The molecule has 0 aromatic heterocycles. The van der Waals surface area contributed by atoms with Crippen molar-refractivity contribution in [2.24, 2.45) is 0 Å². The van der Waals surface area contributed by atoms with E-state index >= 15 is 0 Å². The van der Waals surface area contributed by atoms with Gasteiger partial charge in [-0.3, -0.25) is 0 Å². The SMILES string of the molecule is C=C(C)C(=O)OCCOCCOCCOCCOCCOCCOCCOCCOCCOCCO[Si](C)(C)C. The number of carbonyl (C=O) groups is 1. The fraction of sp³-hybridized carbons (Fsp3) is 0.889. The molecule has 0 aliphatic rings. The Morgan fingerprint density at radius 1 is 0.450 bits per heavy atom. The first kappa shape index (κ1) is 39.0. The third-order valence-corrected chi connectivity index (χ3v) is 5.62. The van der Waals surface area contributed by atoms with E-state index < -0.39 is 14.3 Å². The maximum Gasteiger partial charge on any atom is 0.333 e. The fourth-order valence-electron chi connectivity index (χ4n) is 2.58. The number of hydrogen-bond acceptors (Lipinski definition) is 12.